The highest BCUT2D eigenvalue weighted by atomic mass is 16.5. The number of anilines is 1. The fraction of sp³-hybridized carbons (Fsp3) is 0.520. The molecule has 1 aliphatic heterocycles. The Morgan fingerprint density at radius 1 is 1.03 bits per heavy atom. The van der Waals surface area contributed by atoms with Crippen LogP contribution in [0.4, 0.5) is 5.95 Å². The largest absolute Gasteiger partial charge is 0.493 e. The van der Waals surface area contributed by atoms with Crippen LogP contribution in [-0.4, -0.2) is 60.0 Å². The zero-order chi connectivity index (χ0) is 23.7. The van der Waals surface area contributed by atoms with E-state index in [4.69, 9.17) is 19.4 Å². The Bertz CT molecular complexity index is 1180. The first-order valence-electron chi connectivity index (χ1n) is 12.1. The van der Waals surface area contributed by atoms with Gasteiger partial charge in [-0.3, -0.25) is 9.48 Å². The van der Waals surface area contributed by atoms with Gasteiger partial charge in [0, 0.05) is 49.3 Å². The van der Waals surface area contributed by atoms with Crippen LogP contribution >= 0.6 is 0 Å². The maximum absolute atomic E-state index is 12.1. The minimum Gasteiger partial charge on any atom is -0.493 e. The second kappa shape index (κ2) is 9.48. The molecular formula is C25H32N6O3. The Labute approximate surface area is 199 Å². The van der Waals surface area contributed by atoms with Gasteiger partial charge in [-0.1, -0.05) is 12.8 Å². The first-order chi connectivity index (χ1) is 16.6. The van der Waals surface area contributed by atoms with E-state index in [0.29, 0.717) is 23.5 Å². The second-order valence-electron chi connectivity index (χ2n) is 9.12. The van der Waals surface area contributed by atoms with Crippen LogP contribution in [-0.2, 0) is 4.79 Å². The van der Waals surface area contributed by atoms with Crippen LogP contribution in [0.25, 0.3) is 22.2 Å². The molecule has 1 aliphatic carbocycles. The van der Waals surface area contributed by atoms with Crippen molar-refractivity contribution in [3.8, 4) is 22.8 Å². The summed E-state index contributed by atoms with van der Waals surface area (Å²) < 4.78 is 13.2. The molecule has 34 heavy (non-hydrogen) atoms. The molecule has 5 rings (SSSR count). The van der Waals surface area contributed by atoms with Crippen LogP contribution in [0.15, 0.2) is 24.5 Å². The lowest BCUT2D eigenvalue weighted by Gasteiger charge is -2.31. The van der Waals surface area contributed by atoms with E-state index in [-0.39, 0.29) is 11.8 Å². The standard InChI is InChI=1S/C25H32N6O3/c1-26-24(32)16-8-10-30(11-9-16)25-28-20-13-22(34-3)21(33-2)12-19(20)23(29-25)17-14-27-31(15-17)18-6-4-5-7-18/h12-16,18H,4-11H2,1-3H3,(H,26,32). The van der Waals surface area contributed by atoms with Crippen LogP contribution in [0.3, 0.4) is 0 Å². The number of nitrogens with zero attached hydrogens (tertiary/aromatic N) is 5. The van der Waals surface area contributed by atoms with Gasteiger partial charge in [0.2, 0.25) is 11.9 Å². The van der Waals surface area contributed by atoms with E-state index < -0.39 is 0 Å². The zero-order valence-electron chi connectivity index (χ0n) is 20.1. The van der Waals surface area contributed by atoms with E-state index in [9.17, 15) is 4.79 Å². The van der Waals surface area contributed by atoms with Gasteiger partial charge in [-0.25, -0.2) is 9.97 Å². The van der Waals surface area contributed by atoms with Crippen LogP contribution in [0.1, 0.15) is 44.6 Å². The average Bonchev–Trinajstić information content (AvgIpc) is 3.59. The van der Waals surface area contributed by atoms with E-state index in [1.54, 1.807) is 21.3 Å². The molecule has 9 heteroatoms. The quantitative estimate of drug-likeness (QED) is 0.596. The fourth-order valence-electron chi connectivity index (χ4n) is 5.18. The number of hydrogen-bond donors (Lipinski definition) is 1. The van der Waals surface area contributed by atoms with Crippen LogP contribution in [0.5, 0.6) is 11.5 Å². The van der Waals surface area contributed by atoms with E-state index in [1.807, 2.05) is 18.3 Å². The van der Waals surface area contributed by atoms with E-state index in [1.165, 1.54) is 25.7 Å². The van der Waals surface area contributed by atoms with Crippen molar-refractivity contribution in [2.24, 2.45) is 5.92 Å². The minimum atomic E-state index is 0.0372. The SMILES string of the molecule is CNC(=O)C1CCN(c2nc(-c3cnn(C4CCCC4)c3)c3cc(OC)c(OC)cc3n2)CC1. The summed E-state index contributed by atoms with van der Waals surface area (Å²) >= 11 is 0. The highest BCUT2D eigenvalue weighted by Gasteiger charge is 2.27. The number of benzene rings is 1. The molecule has 2 aromatic heterocycles. The average molecular weight is 465 g/mol. The molecule has 0 atom stereocenters. The van der Waals surface area contributed by atoms with Crippen LogP contribution in [0, 0.1) is 5.92 Å². The third-order valence-corrected chi connectivity index (χ3v) is 7.16. The lowest BCUT2D eigenvalue weighted by Crippen LogP contribution is -2.40. The van der Waals surface area contributed by atoms with Gasteiger partial charge in [-0.15, -0.1) is 0 Å². The molecule has 1 saturated heterocycles. The predicted octanol–water partition coefficient (Wildman–Crippen LogP) is 3.59. The Hall–Kier alpha value is -3.36. The molecule has 0 unspecified atom stereocenters. The van der Waals surface area contributed by atoms with Crippen molar-refractivity contribution < 1.29 is 14.3 Å². The topological polar surface area (TPSA) is 94.4 Å². The van der Waals surface area contributed by atoms with Gasteiger partial charge in [0.05, 0.1) is 37.7 Å². The van der Waals surface area contributed by atoms with Crippen molar-refractivity contribution in [3.05, 3.63) is 24.5 Å². The molecule has 2 aliphatic rings. The highest BCUT2D eigenvalue weighted by Crippen LogP contribution is 2.38. The fourth-order valence-corrected chi connectivity index (χ4v) is 5.18. The molecule has 1 aromatic carbocycles. The number of aromatic nitrogens is 4. The number of carbonyl (C=O) groups is 1. The molecule has 1 amide bonds. The van der Waals surface area contributed by atoms with E-state index in [2.05, 4.69) is 26.2 Å². The van der Waals surface area contributed by atoms with Gasteiger partial charge in [0.25, 0.3) is 0 Å². The Kier molecular flexibility index (Phi) is 6.26. The molecule has 0 radical (unpaired) electrons. The molecule has 180 valence electrons. The number of fused-ring (bicyclic) bond motifs is 1. The van der Waals surface area contributed by atoms with Gasteiger partial charge in [0.1, 0.15) is 0 Å². The lowest BCUT2D eigenvalue weighted by atomic mass is 9.96. The summed E-state index contributed by atoms with van der Waals surface area (Å²) in [4.78, 5) is 24.2. The zero-order valence-corrected chi connectivity index (χ0v) is 20.1. The summed E-state index contributed by atoms with van der Waals surface area (Å²) in [6, 6.07) is 4.30. The maximum atomic E-state index is 12.1. The smallest absolute Gasteiger partial charge is 0.226 e. The van der Waals surface area contributed by atoms with E-state index in [0.717, 1.165) is 48.1 Å². The summed E-state index contributed by atoms with van der Waals surface area (Å²) in [6.07, 6.45) is 10.4. The predicted molar refractivity (Wildman–Crippen MR) is 130 cm³/mol. The van der Waals surface area contributed by atoms with Gasteiger partial charge in [0.15, 0.2) is 11.5 Å². The summed E-state index contributed by atoms with van der Waals surface area (Å²) in [5.41, 5.74) is 2.59. The van der Waals surface area contributed by atoms with Gasteiger partial charge in [-0.2, -0.15) is 5.10 Å². The molecule has 3 heterocycles. The van der Waals surface area contributed by atoms with Crippen LogP contribution in [0.2, 0.25) is 0 Å². The molecule has 0 spiro atoms. The summed E-state index contributed by atoms with van der Waals surface area (Å²) in [5.74, 6) is 2.08. The molecule has 3 aromatic rings. The molecule has 1 N–H and O–H groups in total. The van der Waals surface area contributed by atoms with Gasteiger partial charge in [-0.05, 0) is 31.7 Å². The summed E-state index contributed by atoms with van der Waals surface area (Å²) in [7, 11) is 4.95. The molecule has 0 bridgehead atoms. The Balaban J connectivity index is 1.56. The Morgan fingerprint density at radius 3 is 2.41 bits per heavy atom. The molecule has 2 fully saturated rings. The number of hydrogen-bond acceptors (Lipinski definition) is 7. The monoisotopic (exact) mass is 464 g/mol. The Morgan fingerprint density at radius 2 is 1.74 bits per heavy atom. The number of carbonyl (C=O) groups excluding carboxylic acids is 1. The maximum Gasteiger partial charge on any atom is 0.226 e. The minimum absolute atomic E-state index is 0.0372. The second-order valence-corrected chi connectivity index (χ2v) is 9.12. The van der Waals surface area contributed by atoms with Crippen molar-refractivity contribution in [3.63, 3.8) is 0 Å². The number of ether oxygens (including phenoxy) is 2. The number of methoxy groups -OCH3 is 2. The van der Waals surface area contributed by atoms with Crippen molar-refractivity contribution in [1.29, 1.82) is 0 Å². The van der Waals surface area contributed by atoms with Crippen molar-refractivity contribution in [2.45, 2.75) is 44.6 Å². The normalized spacial score (nSPS) is 17.3. The first kappa shape index (κ1) is 22.4. The summed E-state index contributed by atoms with van der Waals surface area (Å²) in [5, 5.41) is 8.35. The molecular weight excluding hydrogens is 432 g/mol. The highest BCUT2D eigenvalue weighted by molar-refractivity contribution is 5.95. The van der Waals surface area contributed by atoms with Gasteiger partial charge >= 0.3 is 0 Å². The summed E-state index contributed by atoms with van der Waals surface area (Å²) in [6.45, 7) is 1.47. The van der Waals surface area contributed by atoms with E-state index >= 15 is 0 Å². The third-order valence-electron chi connectivity index (χ3n) is 7.16. The molecule has 9 nitrogen and oxygen atoms in total. The van der Waals surface area contributed by atoms with Crippen molar-refractivity contribution >= 4 is 22.8 Å². The van der Waals surface area contributed by atoms with Gasteiger partial charge < -0.3 is 19.7 Å². The number of amides is 1. The number of rotatable bonds is 6. The lowest BCUT2D eigenvalue weighted by molar-refractivity contribution is -0.125. The number of piperidine rings is 1. The van der Waals surface area contributed by atoms with Crippen molar-refractivity contribution in [2.75, 3.05) is 39.3 Å². The number of nitrogens with one attached hydrogen (secondary N) is 1. The van der Waals surface area contributed by atoms with Crippen molar-refractivity contribution in [1.82, 2.24) is 25.1 Å². The first-order valence-corrected chi connectivity index (χ1v) is 12.1. The third kappa shape index (κ3) is 4.15. The van der Waals surface area contributed by atoms with Crippen LogP contribution < -0.4 is 19.7 Å². The molecule has 1 saturated carbocycles.